The highest BCUT2D eigenvalue weighted by Crippen LogP contribution is 1.93. The average molecular weight is 106 g/mol. The van der Waals surface area contributed by atoms with Crippen LogP contribution in [0, 0.1) is 0 Å². The average Bonchev–Trinajstić information content (AvgIpc) is 1.94. The lowest BCUT2D eigenvalue weighted by Gasteiger charge is -1.79. The van der Waals surface area contributed by atoms with Gasteiger partial charge >= 0.3 is 0 Å². The fraction of sp³-hybridized carbons (Fsp3) is 0. The summed E-state index contributed by atoms with van der Waals surface area (Å²) in [6.07, 6.45) is 8.42. The third-order valence-electron chi connectivity index (χ3n) is 0.802. The zero-order valence-corrected chi connectivity index (χ0v) is 4.33. The molecule has 1 aliphatic rings. The summed E-state index contributed by atoms with van der Waals surface area (Å²) in [5.41, 5.74) is 2.74. The first-order valence-electron chi connectivity index (χ1n) is 2.38. The lowest BCUT2D eigenvalue weighted by molar-refractivity contribution is 0.433. The molecule has 0 spiro atoms. The van der Waals surface area contributed by atoms with E-state index in [1.807, 2.05) is 0 Å². The first kappa shape index (κ1) is 4.95. The molecule has 0 saturated carbocycles. The van der Waals surface area contributed by atoms with Crippen LogP contribution in [0.5, 0.6) is 0 Å². The third kappa shape index (κ3) is 1.14. The molecule has 0 unspecified atom stereocenters. The van der Waals surface area contributed by atoms with Gasteiger partial charge in [0.05, 0.1) is 0 Å². The molecule has 0 aliphatic heterocycles. The van der Waals surface area contributed by atoms with E-state index in [-0.39, 0.29) is 5.76 Å². The standard InChI is InChI=1S/C7H6O/c8-7-5-3-1-2-4-6-7/h1-3,5-6,8H. The van der Waals surface area contributed by atoms with E-state index in [2.05, 4.69) is 5.73 Å². The van der Waals surface area contributed by atoms with E-state index in [0.717, 1.165) is 0 Å². The van der Waals surface area contributed by atoms with Crippen LogP contribution in [0.15, 0.2) is 41.9 Å². The van der Waals surface area contributed by atoms with Gasteiger partial charge in [-0.3, -0.25) is 0 Å². The van der Waals surface area contributed by atoms with Crippen LogP contribution in [0.3, 0.4) is 0 Å². The van der Waals surface area contributed by atoms with Crippen molar-refractivity contribution in [3.63, 3.8) is 0 Å². The van der Waals surface area contributed by atoms with Gasteiger partial charge in [0.2, 0.25) is 0 Å². The number of aliphatic hydroxyl groups excluding tert-OH is 1. The minimum Gasteiger partial charge on any atom is -0.507 e. The summed E-state index contributed by atoms with van der Waals surface area (Å²) < 4.78 is 0. The number of rotatable bonds is 0. The van der Waals surface area contributed by atoms with E-state index in [1.54, 1.807) is 24.3 Å². The Kier molecular flexibility index (Phi) is 1.36. The predicted molar refractivity (Wildman–Crippen MR) is 32.5 cm³/mol. The fourth-order valence-corrected chi connectivity index (χ4v) is 0.447. The van der Waals surface area contributed by atoms with Crippen LogP contribution in [0.2, 0.25) is 0 Å². The molecule has 0 heterocycles. The van der Waals surface area contributed by atoms with E-state index >= 15 is 0 Å². The van der Waals surface area contributed by atoms with Gasteiger partial charge in [-0.05, 0) is 12.2 Å². The van der Waals surface area contributed by atoms with Crippen LogP contribution in [0.4, 0.5) is 0 Å². The van der Waals surface area contributed by atoms with Crippen molar-refractivity contribution in [2.24, 2.45) is 0 Å². The van der Waals surface area contributed by atoms with E-state index in [9.17, 15) is 0 Å². The summed E-state index contributed by atoms with van der Waals surface area (Å²) in [6, 6.07) is 0. The van der Waals surface area contributed by atoms with Gasteiger partial charge in [-0.15, -0.1) is 5.73 Å². The van der Waals surface area contributed by atoms with Gasteiger partial charge < -0.3 is 5.11 Å². The lowest BCUT2D eigenvalue weighted by atomic mass is 10.4. The lowest BCUT2D eigenvalue weighted by Crippen LogP contribution is -1.66. The highest BCUT2D eigenvalue weighted by atomic mass is 16.3. The smallest absolute Gasteiger partial charge is 0.123 e. The molecule has 0 saturated heterocycles. The normalized spacial score (nSPS) is 15.8. The van der Waals surface area contributed by atoms with Gasteiger partial charge in [0.25, 0.3) is 0 Å². The Bertz CT molecular complexity index is 190. The molecule has 1 N–H and O–H groups in total. The summed E-state index contributed by atoms with van der Waals surface area (Å²) >= 11 is 0. The molecule has 1 heteroatoms. The van der Waals surface area contributed by atoms with Gasteiger partial charge in [0.15, 0.2) is 0 Å². The minimum absolute atomic E-state index is 0.245. The van der Waals surface area contributed by atoms with Gasteiger partial charge in [0, 0.05) is 6.08 Å². The molecular weight excluding hydrogens is 100 g/mol. The summed E-state index contributed by atoms with van der Waals surface area (Å²) in [5.74, 6) is 0.245. The van der Waals surface area contributed by atoms with Gasteiger partial charge in [-0.2, -0.15) is 0 Å². The van der Waals surface area contributed by atoms with Crippen molar-refractivity contribution < 1.29 is 5.11 Å². The molecule has 0 radical (unpaired) electrons. The number of aliphatic hydroxyl groups is 1. The van der Waals surface area contributed by atoms with Crippen molar-refractivity contribution >= 4 is 0 Å². The molecule has 1 aliphatic carbocycles. The van der Waals surface area contributed by atoms with Crippen LogP contribution in [0.1, 0.15) is 0 Å². The van der Waals surface area contributed by atoms with E-state index < -0.39 is 0 Å². The largest absolute Gasteiger partial charge is 0.507 e. The van der Waals surface area contributed by atoms with E-state index in [0.29, 0.717) is 0 Å². The predicted octanol–water partition coefficient (Wildman–Crippen LogP) is 1.71. The second kappa shape index (κ2) is 2.20. The molecule has 40 valence electrons. The molecule has 8 heavy (non-hydrogen) atoms. The van der Waals surface area contributed by atoms with Gasteiger partial charge in [-0.25, -0.2) is 0 Å². The molecule has 0 amide bonds. The van der Waals surface area contributed by atoms with Crippen LogP contribution < -0.4 is 0 Å². The molecule has 0 aromatic carbocycles. The first-order chi connectivity index (χ1) is 3.89. The topological polar surface area (TPSA) is 20.2 Å². The summed E-state index contributed by atoms with van der Waals surface area (Å²) in [4.78, 5) is 0. The Morgan fingerprint density at radius 3 is 3.12 bits per heavy atom. The van der Waals surface area contributed by atoms with Crippen molar-refractivity contribution in [2.75, 3.05) is 0 Å². The van der Waals surface area contributed by atoms with E-state index in [4.69, 9.17) is 5.11 Å². The molecule has 1 rings (SSSR count). The van der Waals surface area contributed by atoms with Gasteiger partial charge in [-0.1, -0.05) is 12.2 Å². The SMILES string of the molecule is OC1=CC=CC=C=C1. The Hall–Kier alpha value is -1.20. The van der Waals surface area contributed by atoms with Crippen LogP contribution in [-0.2, 0) is 0 Å². The quantitative estimate of drug-likeness (QED) is 0.466. The Morgan fingerprint density at radius 2 is 2.25 bits per heavy atom. The highest BCUT2D eigenvalue weighted by Gasteiger charge is 1.79. The van der Waals surface area contributed by atoms with Crippen molar-refractivity contribution in [2.45, 2.75) is 0 Å². The molecule has 1 nitrogen and oxygen atoms in total. The Balaban J connectivity index is 2.94. The zero-order valence-electron chi connectivity index (χ0n) is 4.33. The van der Waals surface area contributed by atoms with Crippen LogP contribution >= 0.6 is 0 Å². The number of allylic oxidation sites excluding steroid dienone is 4. The molecular formula is C7H6O. The minimum atomic E-state index is 0.245. The molecule has 0 atom stereocenters. The van der Waals surface area contributed by atoms with Crippen molar-refractivity contribution in [3.05, 3.63) is 41.9 Å². The number of hydrogen-bond donors (Lipinski definition) is 1. The van der Waals surface area contributed by atoms with E-state index in [1.165, 1.54) is 6.08 Å². The highest BCUT2D eigenvalue weighted by molar-refractivity contribution is 5.23. The second-order valence-electron chi connectivity index (χ2n) is 1.45. The Labute approximate surface area is 48.0 Å². The molecule has 0 aromatic heterocycles. The monoisotopic (exact) mass is 106 g/mol. The van der Waals surface area contributed by atoms with Crippen LogP contribution in [-0.4, -0.2) is 5.11 Å². The maximum atomic E-state index is 8.76. The fourth-order valence-electron chi connectivity index (χ4n) is 0.447. The van der Waals surface area contributed by atoms with Crippen LogP contribution in [0.25, 0.3) is 0 Å². The summed E-state index contributed by atoms with van der Waals surface area (Å²) in [7, 11) is 0. The maximum absolute atomic E-state index is 8.76. The Morgan fingerprint density at radius 1 is 1.38 bits per heavy atom. The molecule has 0 fully saturated rings. The number of hydrogen-bond acceptors (Lipinski definition) is 1. The van der Waals surface area contributed by atoms with Gasteiger partial charge in [0.1, 0.15) is 5.76 Å². The summed E-state index contributed by atoms with van der Waals surface area (Å²) in [5, 5.41) is 8.76. The van der Waals surface area contributed by atoms with Crippen molar-refractivity contribution in [1.29, 1.82) is 0 Å². The third-order valence-corrected chi connectivity index (χ3v) is 0.802. The first-order valence-corrected chi connectivity index (χ1v) is 2.38. The van der Waals surface area contributed by atoms with Crippen molar-refractivity contribution in [3.8, 4) is 0 Å². The summed E-state index contributed by atoms with van der Waals surface area (Å²) in [6.45, 7) is 0. The second-order valence-corrected chi connectivity index (χ2v) is 1.45. The molecule has 0 bridgehead atoms. The zero-order chi connectivity index (χ0) is 5.82. The maximum Gasteiger partial charge on any atom is 0.123 e. The molecule has 0 aromatic rings. The van der Waals surface area contributed by atoms with Crippen molar-refractivity contribution in [1.82, 2.24) is 0 Å².